The van der Waals surface area contributed by atoms with Crippen LogP contribution in [0.25, 0.3) is 5.57 Å². The molecule has 47 heavy (non-hydrogen) atoms. The number of likely N-dealkylation sites (N-methyl/N-ethyl adjacent to an activating group) is 1. The third kappa shape index (κ3) is 5.62. The molecule has 18 heteroatoms. The zero-order chi connectivity index (χ0) is 35.5. The summed E-state index contributed by atoms with van der Waals surface area (Å²) in [6, 6.07) is 6.32. The van der Waals surface area contributed by atoms with Gasteiger partial charge in [-0.3, -0.25) is 23.8 Å². The van der Waals surface area contributed by atoms with E-state index in [1.54, 1.807) is 0 Å². The number of hydrogen-bond acceptors (Lipinski definition) is 14. The number of primary amides is 1. The van der Waals surface area contributed by atoms with Crippen LogP contribution in [0.15, 0.2) is 65.6 Å². The number of rotatable bonds is 4. The minimum atomic E-state index is -4.85. The molecule has 0 heterocycles. The van der Waals surface area contributed by atoms with Gasteiger partial charge in [-0.25, -0.2) is 4.79 Å². The summed E-state index contributed by atoms with van der Waals surface area (Å²) < 4.78 is 32.1. The fraction of sp³-hybridized carbons (Fsp3) is 0.241. The van der Waals surface area contributed by atoms with Gasteiger partial charge in [0.25, 0.3) is 5.91 Å². The number of carbonyl (C=O) groups is 4. The van der Waals surface area contributed by atoms with Crippen LogP contribution in [0.3, 0.4) is 0 Å². The van der Waals surface area contributed by atoms with E-state index in [1.165, 1.54) is 43.3 Å². The van der Waals surface area contributed by atoms with E-state index in [1.807, 2.05) is 0 Å². The first-order valence-corrected chi connectivity index (χ1v) is 14.9. The molecule has 16 nitrogen and oxygen atoms in total. The van der Waals surface area contributed by atoms with E-state index in [0.29, 0.717) is 0 Å². The second-order valence-electron chi connectivity index (χ2n) is 10.9. The molecule has 0 bridgehead atoms. The predicted molar refractivity (Wildman–Crippen MR) is 160 cm³/mol. The van der Waals surface area contributed by atoms with Gasteiger partial charge in [-0.15, -0.1) is 0 Å². The highest BCUT2D eigenvalue weighted by molar-refractivity contribution is 7.81. The number of amides is 1. The first kappa shape index (κ1) is 35.1. The van der Waals surface area contributed by atoms with Crippen LogP contribution in [-0.2, 0) is 24.2 Å². The van der Waals surface area contributed by atoms with Crippen molar-refractivity contribution < 1.29 is 67.0 Å². The molecular weight excluding hydrogens is 668 g/mol. The molecule has 3 aliphatic rings. The van der Waals surface area contributed by atoms with Gasteiger partial charge in [-0.05, 0) is 43.9 Å². The summed E-state index contributed by atoms with van der Waals surface area (Å²) in [5, 5.41) is 64.2. The molecule has 5 rings (SSSR count). The summed E-state index contributed by atoms with van der Waals surface area (Å²) in [6.07, 6.45) is -1.75. The Kier molecular flexibility index (Phi) is 9.03. The van der Waals surface area contributed by atoms with Gasteiger partial charge < -0.3 is 40.6 Å². The number of phenolic OH excluding ortho intramolecular Hbond substituents is 2. The number of halogens is 1. The molecule has 0 fully saturated rings. The van der Waals surface area contributed by atoms with Crippen LogP contribution < -0.4 is 5.73 Å². The summed E-state index contributed by atoms with van der Waals surface area (Å²) in [4.78, 5) is 50.8. The molecule has 3 aliphatic carbocycles. The molecule has 0 spiro atoms. The second-order valence-corrected chi connectivity index (χ2v) is 12.3. The van der Waals surface area contributed by atoms with Crippen molar-refractivity contribution in [1.82, 2.24) is 4.90 Å². The highest BCUT2D eigenvalue weighted by Gasteiger charge is 2.67. The number of benzene rings is 2. The number of nitrogens with zero attached hydrogens (tertiary/aromatic N) is 1. The van der Waals surface area contributed by atoms with Crippen LogP contribution in [0.4, 0.5) is 0 Å². The van der Waals surface area contributed by atoms with Crippen molar-refractivity contribution in [3.05, 3.63) is 87.4 Å². The minimum absolute atomic E-state index is 0.0498. The zero-order valence-corrected chi connectivity index (χ0v) is 25.9. The number of ketones is 2. The molecule has 9 N–H and O–H groups in total. The Hall–Kier alpha value is -4.78. The summed E-state index contributed by atoms with van der Waals surface area (Å²) in [5.41, 5.74) is 0.186. The molecular formula is C29H27ClN2O14S. The van der Waals surface area contributed by atoms with Gasteiger partial charge >= 0.3 is 16.4 Å². The van der Waals surface area contributed by atoms with Crippen LogP contribution in [0.1, 0.15) is 26.3 Å². The first-order valence-electron chi connectivity index (χ1n) is 13.2. The lowest BCUT2D eigenvalue weighted by molar-refractivity contribution is -0.159. The summed E-state index contributed by atoms with van der Waals surface area (Å²) >= 11 is 6.24. The normalized spacial score (nSPS) is 25.4. The Morgan fingerprint density at radius 2 is 1.62 bits per heavy atom. The van der Waals surface area contributed by atoms with E-state index in [0.717, 1.165) is 12.1 Å². The number of fused-ring (bicyclic) bond motifs is 3. The Morgan fingerprint density at radius 1 is 1.02 bits per heavy atom. The van der Waals surface area contributed by atoms with Crippen molar-refractivity contribution in [2.75, 3.05) is 14.1 Å². The molecule has 0 unspecified atom stereocenters. The van der Waals surface area contributed by atoms with Crippen LogP contribution in [0.2, 0.25) is 5.02 Å². The highest BCUT2D eigenvalue weighted by Crippen LogP contribution is 2.55. The molecule has 0 aliphatic heterocycles. The van der Waals surface area contributed by atoms with E-state index in [-0.39, 0.29) is 27.3 Å². The van der Waals surface area contributed by atoms with Crippen molar-refractivity contribution in [3.8, 4) is 11.5 Å². The van der Waals surface area contributed by atoms with Gasteiger partial charge in [0, 0.05) is 16.5 Å². The highest BCUT2D eigenvalue weighted by atomic mass is 35.5. The molecule has 0 saturated heterocycles. The van der Waals surface area contributed by atoms with E-state index in [9.17, 15) is 53.1 Å². The molecule has 5 atom stereocenters. The lowest BCUT2D eigenvalue weighted by atomic mass is 9.56. The predicted octanol–water partition coefficient (Wildman–Crippen LogP) is 0.567. The van der Waals surface area contributed by atoms with Gasteiger partial charge in [0.2, 0.25) is 5.78 Å². The van der Waals surface area contributed by atoms with Crippen LogP contribution >= 0.6 is 11.6 Å². The third-order valence-electron chi connectivity index (χ3n) is 7.98. The van der Waals surface area contributed by atoms with Crippen LogP contribution in [-0.4, -0.2) is 104 Å². The fourth-order valence-electron chi connectivity index (χ4n) is 6.05. The third-order valence-corrected chi connectivity index (χ3v) is 8.65. The fourth-order valence-corrected chi connectivity index (χ4v) is 6.61. The maximum atomic E-state index is 13.4. The second kappa shape index (κ2) is 12.1. The van der Waals surface area contributed by atoms with E-state index in [4.69, 9.17) is 27.0 Å². The number of hydrogen-bond donors (Lipinski definition) is 8. The summed E-state index contributed by atoms with van der Waals surface area (Å²) in [6.45, 7) is 3.89. The van der Waals surface area contributed by atoms with Gasteiger partial charge in [-0.1, -0.05) is 30.3 Å². The number of aliphatic hydroxyl groups excluding tert-OH is 3. The smallest absolute Gasteiger partial charge is 0.449 e. The lowest BCUT2D eigenvalue weighted by Gasteiger charge is -2.52. The number of para-hydroxylation sites is 1. The molecule has 0 radical (unpaired) electrons. The Bertz CT molecular complexity index is 1940. The van der Waals surface area contributed by atoms with Crippen molar-refractivity contribution in [2.45, 2.75) is 17.7 Å². The number of phenols is 2. The van der Waals surface area contributed by atoms with Crippen LogP contribution in [0.5, 0.6) is 11.5 Å². The first-order chi connectivity index (χ1) is 21.7. The number of aromatic hydroxyl groups is 2. The number of Topliss-reactive ketones (excluding diaryl/α,β-unsaturated/α-hetero) is 2. The number of aliphatic hydroxyl groups is 4. The monoisotopic (exact) mass is 694 g/mol. The maximum absolute atomic E-state index is 13.4. The van der Waals surface area contributed by atoms with Crippen molar-refractivity contribution in [3.63, 3.8) is 0 Å². The lowest BCUT2D eigenvalue weighted by Crippen LogP contribution is -2.68. The average Bonchev–Trinajstić information content (AvgIpc) is 2.95. The number of carbonyl (C=O) groups excluding carboxylic acids is 4. The molecule has 0 saturated carbocycles. The number of nitrogens with two attached hydrogens (primary N) is 1. The molecule has 250 valence electrons. The van der Waals surface area contributed by atoms with Crippen molar-refractivity contribution >= 4 is 51.0 Å². The van der Waals surface area contributed by atoms with Gasteiger partial charge in [-0.2, -0.15) is 8.42 Å². The summed E-state index contributed by atoms with van der Waals surface area (Å²) in [7, 11) is -1.95. The summed E-state index contributed by atoms with van der Waals surface area (Å²) in [5.74, 6) is -10.9. The SMILES string of the molecule is C=C1c2c(Cl)ccc(O)c2C(=O)C2=C(O)[C@]3(O)C(=O)C(C(N)=O)=C(O)[C@@H](N(C)C)[C@H]3[C@@H](O)[C@H]12.O=C(OS(=O)(=O)O)c1ccccc1O. The molecule has 0 aromatic heterocycles. The zero-order valence-electron chi connectivity index (χ0n) is 24.3. The quantitative estimate of drug-likeness (QED) is 0.160. The van der Waals surface area contributed by atoms with E-state index >= 15 is 0 Å². The molecule has 1 amide bonds. The Balaban J connectivity index is 0.000000300. The van der Waals surface area contributed by atoms with Gasteiger partial charge in [0.15, 0.2) is 11.4 Å². The van der Waals surface area contributed by atoms with E-state index in [2.05, 4.69) is 10.8 Å². The van der Waals surface area contributed by atoms with Crippen molar-refractivity contribution in [2.24, 2.45) is 17.6 Å². The Labute approximate surface area is 270 Å². The van der Waals surface area contributed by atoms with Gasteiger partial charge in [0.05, 0.1) is 29.2 Å². The van der Waals surface area contributed by atoms with Crippen LogP contribution in [0, 0.1) is 11.8 Å². The van der Waals surface area contributed by atoms with E-state index < -0.39 is 97.6 Å². The molecule has 2 aromatic rings. The minimum Gasteiger partial charge on any atom is -0.510 e. The standard InChI is InChI=1S/C22H21ClN2O8.C7H6O6S/c1-6-9-7(23)4-5-8(26)11(9)16(27)12-10(6)17(28)14-15(25(2)3)18(29)13(21(24)32)20(31)22(14,33)19(12)30;8-6-4-2-1-3-5(6)7(9)13-14(10,11)12/h4-5,10,14-15,17,26,28-30,33H,1H2,2-3H3,(H2,24,32);1-4,8H,(H,10,11,12)/t10-,14+,15+,17+,22+;/m1./s1. The average molecular weight is 695 g/mol. The van der Waals surface area contributed by atoms with Gasteiger partial charge in [0.1, 0.15) is 34.2 Å². The topological polar surface area (TPSA) is 283 Å². The Morgan fingerprint density at radius 3 is 2.15 bits per heavy atom. The largest absolute Gasteiger partial charge is 0.510 e. The van der Waals surface area contributed by atoms with Crippen molar-refractivity contribution in [1.29, 1.82) is 0 Å². The molecule has 2 aromatic carbocycles. The maximum Gasteiger partial charge on any atom is 0.449 e.